The monoisotopic (exact) mass is 372 g/mol. The minimum Gasteiger partial charge on any atom is -0.326 e. The fraction of sp³-hybridized carbons (Fsp3) is 0.300. The molecule has 2 aromatic carbocycles. The van der Waals surface area contributed by atoms with E-state index < -0.39 is 0 Å². The molecule has 3 rings (SSSR count). The minimum atomic E-state index is -0.327. The van der Waals surface area contributed by atoms with Gasteiger partial charge in [0.2, 0.25) is 11.8 Å². The molecule has 6 heteroatoms. The first-order chi connectivity index (χ1) is 12.5. The van der Waals surface area contributed by atoms with Crippen molar-refractivity contribution >= 4 is 35.0 Å². The van der Waals surface area contributed by atoms with Gasteiger partial charge in [-0.2, -0.15) is 0 Å². The lowest BCUT2D eigenvalue weighted by Gasteiger charge is -2.26. The molecule has 1 atom stereocenters. The molecule has 1 unspecified atom stereocenters. The summed E-state index contributed by atoms with van der Waals surface area (Å²) in [6.07, 6.45) is 1.25. The number of carbonyl (C=O) groups is 2. The van der Waals surface area contributed by atoms with Gasteiger partial charge in [-0.1, -0.05) is 25.1 Å². The number of amides is 2. The van der Waals surface area contributed by atoms with Crippen LogP contribution in [0, 0.1) is 12.7 Å². The van der Waals surface area contributed by atoms with E-state index in [1.54, 1.807) is 24.0 Å². The first kappa shape index (κ1) is 18.5. The van der Waals surface area contributed by atoms with Crippen LogP contribution in [0.25, 0.3) is 0 Å². The molecule has 2 amide bonds. The molecule has 0 aromatic heterocycles. The van der Waals surface area contributed by atoms with Crippen LogP contribution >= 0.6 is 11.8 Å². The maximum absolute atomic E-state index is 14.0. The van der Waals surface area contributed by atoms with E-state index >= 15 is 0 Å². The number of carbonyl (C=O) groups excluding carboxylic acids is 2. The number of anilines is 2. The van der Waals surface area contributed by atoms with Gasteiger partial charge >= 0.3 is 0 Å². The second-order valence-electron chi connectivity index (χ2n) is 6.23. The summed E-state index contributed by atoms with van der Waals surface area (Å²) < 4.78 is 14.0. The van der Waals surface area contributed by atoms with Gasteiger partial charge in [0.15, 0.2) is 0 Å². The van der Waals surface area contributed by atoms with Crippen molar-refractivity contribution < 1.29 is 14.0 Å². The van der Waals surface area contributed by atoms with Gasteiger partial charge in [-0.15, -0.1) is 11.8 Å². The molecule has 1 heterocycles. The topological polar surface area (TPSA) is 49.4 Å². The van der Waals surface area contributed by atoms with Gasteiger partial charge < -0.3 is 5.32 Å². The molecule has 136 valence electrons. The van der Waals surface area contributed by atoms with Crippen molar-refractivity contribution in [1.82, 2.24) is 0 Å². The van der Waals surface area contributed by atoms with Gasteiger partial charge in [0.25, 0.3) is 0 Å². The van der Waals surface area contributed by atoms with E-state index in [-0.39, 0.29) is 23.0 Å². The summed E-state index contributed by atoms with van der Waals surface area (Å²) in [6.45, 7) is 3.63. The van der Waals surface area contributed by atoms with Crippen molar-refractivity contribution in [2.75, 3.05) is 16.0 Å². The number of thioether (sulfide) groups is 1. The Hall–Kier alpha value is -2.34. The molecule has 2 aromatic rings. The Morgan fingerprint density at radius 2 is 2.08 bits per heavy atom. The highest BCUT2D eigenvalue weighted by atomic mass is 32.2. The maximum Gasteiger partial charge on any atom is 0.238 e. The van der Waals surface area contributed by atoms with E-state index in [1.807, 2.05) is 31.2 Å². The second kappa shape index (κ2) is 7.91. The molecule has 0 aliphatic carbocycles. The van der Waals surface area contributed by atoms with Crippen LogP contribution in [0.2, 0.25) is 0 Å². The third-order valence-corrected chi connectivity index (χ3v) is 5.51. The molecule has 1 fully saturated rings. The lowest BCUT2D eigenvalue weighted by molar-refractivity contribution is -0.116. The van der Waals surface area contributed by atoms with Crippen molar-refractivity contribution in [3.63, 3.8) is 0 Å². The number of benzene rings is 2. The van der Waals surface area contributed by atoms with Crippen LogP contribution in [0.15, 0.2) is 42.5 Å². The zero-order chi connectivity index (χ0) is 18.7. The molecule has 1 saturated heterocycles. The quantitative estimate of drug-likeness (QED) is 0.831. The van der Waals surface area contributed by atoms with Crippen LogP contribution in [0.1, 0.15) is 36.3 Å². The van der Waals surface area contributed by atoms with E-state index in [0.717, 1.165) is 12.0 Å². The number of rotatable bonds is 5. The highest BCUT2D eigenvalue weighted by Crippen LogP contribution is 2.43. The fourth-order valence-corrected chi connectivity index (χ4v) is 4.17. The number of hydrogen-bond donors (Lipinski definition) is 1. The summed E-state index contributed by atoms with van der Waals surface area (Å²) in [5, 5.41) is 2.64. The van der Waals surface area contributed by atoms with Crippen LogP contribution in [0.3, 0.4) is 0 Å². The summed E-state index contributed by atoms with van der Waals surface area (Å²) in [7, 11) is 0. The Labute approximate surface area is 156 Å². The van der Waals surface area contributed by atoms with E-state index in [0.29, 0.717) is 29.1 Å². The van der Waals surface area contributed by atoms with Gasteiger partial charge in [-0.3, -0.25) is 14.5 Å². The molecule has 4 nitrogen and oxygen atoms in total. The molecular weight excluding hydrogens is 351 g/mol. The zero-order valence-electron chi connectivity index (χ0n) is 14.8. The van der Waals surface area contributed by atoms with Gasteiger partial charge in [0.1, 0.15) is 11.2 Å². The standard InChI is InChI=1S/C20H21FN2O2S/c1-3-6-18(24)22-15-8-4-7-14(11-15)20-23(19(25)12-26-20)17-10-5-9-16(21)13(17)2/h4-5,7-11,20H,3,6,12H2,1-2H3,(H,22,24). The zero-order valence-corrected chi connectivity index (χ0v) is 15.6. The van der Waals surface area contributed by atoms with Crippen LogP contribution in [-0.4, -0.2) is 17.6 Å². The fourth-order valence-electron chi connectivity index (χ4n) is 3.01. The molecule has 0 spiro atoms. The molecule has 0 radical (unpaired) electrons. The maximum atomic E-state index is 14.0. The first-order valence-corrected chi connectivity index (χ1v) is 9.64. The van der Waals surface area contributed by atoms with Crippen LogP contribution < -0.4 is 10.2 Å². The van der Waals surface area contributed by atoms with Crippen molar-refractivity contribution in [2.24, 2.45) is 0 Å². The lowest BCUT2D eigenvalue weighted by Crippen LogP contribution is -2.28. The first-order valence-electron chi connectivity index (χ1n) is 8.60. The Kier molecular flexibility index (Phi) is 5.61. The normalized spacial score (nSPS) is 16.8. The Morgan fingerprint density at radius 3 is 2.85 bits per heavy atom. The smallest absolute Gasteiger partial charge is 0.238 e. The summed E-state index contributed by atoms with van der Waals surface area (Å²) in [5.74, 6) is -0.0640. The third-order valence-electron chi connectivity index (χ3n) is 4.30. The third kappa shape index (κ3) is 3.75. The summed E-state index contributed by atoms with van der Waals surface area (Å²) in [6, 6.07) is 12.3. The number of nitrogens with one attached hydrogen (secondary N) is 1. The minimum absolute atomic E-state index is 0.0300. The van der Waals surface area contributed by atoms with E-state index in [2.05, 4.69) is 5.32 Å². The number of halogens is 1. The highest BCUT2D eigenvalue weighted by Gasteiger charge is 2.35. The molecule has 26 heavy (non-hydrogen) atoms. The molecule has 0 saturated carbocycles. The average Bonchev–Trinajstić information content (AvgIpc) is 2.99. The summed E-state index contributed by atoms with van der Waals surface area (Å²) in [4.78, 5) is 26.0. The molecule has 0 bridgehead atoms. The number of hydrogen-bond acceptors (Lipinski definition) is 3. The molecular formula is C20H21FN2O2S. The van der Waals surface area contributed by atoms with E-state index in [1.165, 1.54) is 17.8 Å². The number of nitrogens with zero attached hydrogens (tertiary/aromatic N) is 1. The van der Waals surface area contributed by atoms with Crippen molar-refractivity contribution in [2.45, 2.75) is 32.1 Å². The van der Waals surface area contributed by atoms with Crippen LogP contribution in [0.4, 0.5) is 15.8 Å². The molecule has 1 aliphatic heterocycles. The largest absolute Gasteiger partial charge is 0.326 e. The van der Waals surface area contributed by atoms with Crippen molar-refractivity contribution in [3.05, 3.63) is 59.4 Å². The Morgan fingerprint density at radius 1 is 1.31 bits per heavy atom. The predicted molar refractivity (Wildman–Crippen MR) is 104 cm³/mol. The Bertz CT molecular complexity index is 840. The van der Waals surface area contributed by atoms with Gasteiger partial charge in [0, 0.05) is 17.7 Å². The SMILES string of the molecule is CCCC(=O)Nc1cccc(C2SCC(=O)N2c2cccc(F)c2C)c1. The van der Waals surface area contributed by atoms with E-state index in [4.69, 9.17) is 0 Å². The molecule has 1 N–H and O–H groups in total. The second-order valence-corrected chi connectivity index (χ2v) is 7.30. The summed E-state index contributed by atoms with van der Waals surface area (Å²) in [5.41, 5.74) is 2.65. The lowest BCUT2D eigenvalue weighted by atomic mass is 10.1. The average molecular weight is 372 g/mol. The molecule has 1 aliphatic rings. The van der Waals surface area contributed by atoms with Crippen molar-refractivity contribution in [3.8, 4) is 0 Å². The van der Waals surface area contributed by atoms with Crippen LogP contribution in [0.5, 0.6) is 0 Å². The van der Waals surface area contributed by atoms with Gasteiger partial charge in [-0.05, 0) is 43.2 Å². The highest BCUT2D eigenvalue weighted by molar-refractivity contribution is 8.00. The van der Waals surface area contributed by atoms with Crippen LogP contribution in [-0.2, 0) is 9.59 Å². The van der Waals surface area contributed by atoms with Crippen molar-refractivity contribution in [1.29, 1.82) is 0 Å². The predicted octanol–water partition coefficient (Wildman–Crippen LogP) is 4.65. The Balaban J connectivity index is 1.91. The van der Waals surface area contributed by atoms with Gasteiger partial charge in [0.05, 0.1) is 11.4 Å². The van der Waals surface area contributed by atoms with Gasteiger partial charge in [-0.25, -0.2) is 4.39 Å². The van der Waals surface area contributed by atoms with E-state index in [9.17, 15) is 14.0 Å². The summed E-state index contributed by atoms with van der Waals surface area (Å²) >= 11 is 1.50.